The number of alkyl halides is 2. The van der Waals surface area contributed by atoms with Gasteiger partial charge in [-0.1, -0.05) is 17.7 Å². The molecule has 1 aromatic rings. The first kappa shape index (κ1) is 17.7. The molecule has 3 radical (unpaired) electrons. The maximum Gasteiger partial charge on any atom is 0.249 e. The van der Waals surface area contributed by atoms with Gasteiger partial charge in [-0.15, -0.1) is 0 Å². The zero-order valence-electron chi connectivity index (χ0n) is 13.4. The van der Waals surface area contributed by atoms with Crippen molar-refractivity contribution < 1.29 is 13.0 Å². The summed E-state index contributed by atoms with van der Waals surface area (Å²) in [7, 11) is 1.70. The van der Waals surface area contributed by atoms with Crippen LogP contribution in [-0.2, 0) is 11.0 Å². The molecule has 2 aliphatic rings. The molecule has 3 atom stereocenters. The van der Waals surface area contributed by atoms with Crippen molar-refractivity contribution in [3.63, 3.8) is 0 Å². The van der Waals surface area contributed by atoms with Crippen LogP contribution in [0.5, 0.6) is 0 Å². The Labute approximate surface area is 146 Å². The SMILES string of the molecule is Cc1ccc([S@](=O)N[C@@]([Si])(C#N)[C@@H]2CC(F)(F)CC3(CC3)C2)cc1. The highest BCUT2D eigenvalue weighted by Crippen LogP contribution is 2.62. The zero-order valence-corrected chi connectivity index (χ0v) is 15.3. The summed E-state index contributed by atoms with van der Waals surface area (Å²) in [6, 6.07) is 9.10. The van der Waals surface area contributed by atoms with E-state index in [1.54, 1.807) is 12.1 Å². The Morgan fingerprint density at radius 1 is 1.33 bits per heavy atom. The van der Waals surface area contributed by atoms with Gasteiger partial charge in [-0.25, -0.2) is 17.7 Å². The molecule has 0 aromatic heterocycles. The van der Waals surface area contributed by atoms with Crippen LogP contribution in [0.1, 0.15) is 37.7 Å². The normalized spacial score (nSPS) is 27.9. The van der Waals surface area contributed by atoms with Gasteiger partial charge < -0.3 is 0 Å². The number of halogens is 2. The second-order valence-corrected chi connectivity index (χ2v) is 9.24. The van der Waals surface area contributed by atoms with Gasteiger partial charge in [0, 0.05) is 12.8 Å². The molecule has 2 saturated carbocycles. The first-order valence-electron chi connectivity index (χ1n) is 7.97. The lowest BCUT2D eigenvalue weighted by Gasteiger charge is -2.41. The van der Waals surface area contributed by atoms with Gasteiger partial charge in [-0.2, -0.15) is 5.26 Å². The number of hydrogen-bond donors (Lipinski definition) is 1. The maximum absolute atomic E-state index is 14.1. The smallest absolute Gasteiger partial charge is 0.237 e. The van der Waals surface area contributed by atoms with E-state index in [2.05, 4.69) is 15.0 Å². The molecule has 2 aliphatic carbocycles. The summed E-state index contributed by atoms with van der Waals surface area (Å²) in [5, 5.41) is 8.16. The summed E-state index contributed by atoms with van der Waals surface area (Å²) in [5.74, 6) is -3.37. The quantitative estimate of drug-likeness (QED) is 0.833. The second kappa shape index (κ2) is 6.01. The van der Waals surface area contributed by atoms with Crippen molar-refractivity contribution in [1.82, 2.24) is 4.72 Å². The maximum atomic E-state index is 14.1. The fraction of sp³-hybridized carbons (Fsp3) is 0.588. The summed E-state index contributed by atoms with van der Waals surface area (Å²) >= 11 is 0. The highest BCUT2D eigenvalue weighted by atomic mass is 32.2. The molecule has 0 bridgehead atoms. The van der Waals surface area contributed by atoms with Crippen molar-refractivity contribution >= 4 is 21.2 Å². The number of hydrogen-bond acceptors (Lipinski definition) is 2. The van der Waals surface area contributed by atoms with Crippen LogP contribution in [0, 0.1) is 29.6 Å². The number of benzene rings is 1. The fourth-order valence-electron chi connectivity index (χ4n) is 3.58. The largest absolute Gasteiger partial charge is 0.249 e. The summed E-state index contributed by atoms with van der Waals surface area (Å²) in [4.78, 5) is 0.516. The van der Waals surface area contributed by atoms with E-state index < -0.39 is 28.0 Å². The molecular formula is C17H19F2N2OSSi. The van der Waals surface area contributed by atoms with E-state index in [1.807, 2.05) is 25.1 Å². The molecule has 2 fully saturated rings. The van der Waals surface area contributed by atoms with Crippen molar-refractivity contribution in [3.05, 3.63) is 29.8 Å². The molecular weight excluding hydrogens is 346 g/mol. The Balaban J connectivity index is 1.79. The van der Waals surface area contributed by atoms with E-state index in [0.29, 0.717) is 11.3 Å². The van der Waals surface area contributed by atoms with Gasteiger partial charge in [0.25, 0.3) is 0 Å². The molecule has 1 spiro atoms. The van der Waals surface area contributed by atoms with Gasteiger partial charge in [0.2, 0.25) is 5.92 Å². The van der Waals surface area contributed by atoms with E-state index in [9.17, 15) is 18.3 Å². The Kier molecular flexibility index (Phi) is 4.43. The molecule has 24 heavy (non-hydrogen) atoms. The first-order valence-corrected chi connectivity index (χ1v) is 9.62. The molecule has 0 heterocycles. The van der Waals surface area contributed by atoms with Crippen LogP contribution in [-0.4, -0.2) is 25.5 Å². The van der Waals surface area contributed by atoms with Gasteiger partial charge in [0.15, 0.2) is 0 Å². The van der Waals surface area contributed by atoms with E-state index in [-0.39, 0.29) is 18.3 Å². The van der Waals surface area contributed by atoms with Crippen molar-refractivity contribution in [3.8, 4) is 6.07 Å². The third-order valence-electron chi connectivity index (χ3n) is 5.09. The van der Waals surface area contributed by atoms with Crippen LogP contribution in [0.3, 0.4) is 0 Å². The fourth-order valence-corrected chi connectivity index (χ4v) is 5.06. The van der Waals surface area contributed by atoms with E-state index in [4.69, 9.17) is 0 Å². The second-order valence-electron chi connectivity index (χ2n) is 7.24. The van der Waals surface area contributed by atoms with E-state index in [1.165, 1.54) is 0 Å². The molecule has 3 nitrogen and oxygen atoms in total. The predicted octanol–water partition coefficient (Wildman–Crippen LogP) is 3.21. The summed E-state index contributed by atoms with van der Waals surface area (Å²) in [6.45, 7) is 1.92. The lowest BCUT2D eigenvalue weighted by molar-refractivity contribution is -0.0828. The molecule has 0 unspecified atom stereocenters. The highest BCUT2D eigenvalue weighted by Gasteiger charge is 2.58. The van der Waals surface area contributed by atoms with Crippen LogP contribution >= 0.6 is 0 Å². The van der Waals surface area contributed by atoms with Crippen molar-refractivity contribution in [2.24, 2.45) is 11.3 Å². The average Bonchev–Trinajstić information content (AvgIpc) is 3.24. The van der Waals surface area contributed by atoms with E-state index in [0.717, 1.165) is 18.4 Å². The Morgan fingerprint density at radius 3 is 2.50 bits per heavy atom. The van der Waals surface area contributed by atoms with Crippen LogP contribution < -0.4 is 4.72 Å². The summed E-state index contributed by atoms with van der Waals surface area (Å²) in [6.07, 6.45) is 1.66. The van der Waals surface area contributed by atoms with Crippen LogP contribution in [0.4, 0.5) is 8.78 Å². The van der Waals surface area contributed by atoms with Crippen LogP contribution in [0.15, 0.2) is 29.2 Å². The minimum absolute atomic E-state index is 0.0920. The third kappa shape index (κ3) is 3.61. The lowest BCUT2D eigenvalue weighted by Crippen LogP contribution is -2.55. The molecule has 0 aliphatic heterocycles. The average molecular weight is 366 g/mol. The monoisotopic (exact) mass is 365 g/mol. The number of aryl methyl sites for hydroxylation is 1. The summed E-state index contributed by atoms with van der Waals surface area (Å²) in [5.41, 5.74) is 0.692. The number of nitriles is 1. The van der Waals surface area contributed by atoms with Gasteiger partial charge in [-0.05, 0) is 49.7 Å². The van der Waals surface area contributed by atoms with Gasteiger partial charge in [-0.3, -0.25) is 0 Å². The standard InChI is InChI=1S/C17H19F2N2OSSi/c1-12-2-4-14(5-3-12)23(22)21-17(24,11-20)13-8-15(6-7-15)10-16(18,19)9-13/h2-5,13,21H,6-10H2,1H3/t13-,17+,23-/m0/s1. The summed E-state index contributed by atoms with van der Waals surface area (Å²) < 4.78 is 43.5. The number of nitrogens with one attached hydrogen (secondary N) is 1. The molecule has 3 rings (SSSR count). The van der Waals surface area contributed by atoms with E-state index >= 15 is 0 Å². The molecule has 1 N–H and O–H groups in total. The molecule has 0 amide bonds. The topological polar surface area (TPSA) is 52.9 Å². The lowest BCUT2D eigenvalue weighted by atomic mass is 9.74. The highest BCUT2D eigenvalue weighted by molar-refractivity contribution is 7.83. The Hall–Kier alpha value is -1.10. The van der Waals surface area contributed by atoms with Gasteiger partial charge in [0.1, 0.15) is 16.1 Å². The van der Waals surface area contributed by atoms with Crippen LogP contribution in [0.25, 0.3) is 0 Å². The minimum atomic E-state index is -2.78. The molecule has 0 saturated heterocycles. The number of rotatable bonds is 4. The minimum Gasteiger partial charge on any atom is -0.237 e. The van der Waals surface area contributed by atoms with Gasteiger partial charge in [0.05, 0.1) is 21.2 Å². The third-order valence-corrected chi connectivity index (χ3v) is 7.13. The molecule has 1 aromatic carbocycles. The predicted molar refractivity (Wildman–Crippen MR) is 88.8 cm³/mol. The number of nitrogens with zero attached hydrogens (tertiary/aromatic N) is 1. The van der Waals surface area contributed by atoms with Crippen molar-refractivity contribution in [1.29, 1.82) is 5.26 Å². The Morgan fingerprint density at radius 2 is 1.96 bits per heavy atom. The Bertz CT molecular complexity index is 694. The molecule has 127 valence electrons. The first-order chi connectivity index (χ1) is 11.2. The van der Waals surface area contributed by atoms with Crippen molar-refractivity contribution in [2.45, 2.75) is 55.0 Å². The molecule has 7 heteroatoms. The van der Waals surface area contributed by atoms with Crippen LogP contribution in [0.2, 0.25) is 0 Å². The van der Waals surface area contributed by atoms with Gasteiger partial charge >= 0.3 is 0 Å². The van der Waals surface area contributed by atoms with Crippen molar-refractivity contribution in [2.75, 3.05) is 0 Å². The zero-order chi connectivity index (χ0) is 17.6.